The van der Waals surface area contributed by atoms with E-state index in [1.165, 1.54) is 6.07 Å². The van der Waals surface area contributed by atoms with Gasteiger partial charge in [0.25, 0.3) is 0 Å². The number of hydrogen-bond acceptors (Lipinski definition) is 3. The zero-order valence-electron chi connectivity index (χ0n) is 3.87. The van der Waals surface area contributed by atoms with E-state index in [1.54, 1.807) is 0 Å². The molecule has 8 heavy (non-hydrogen) atoms. The molecule has 40 valence electrons. The molecular formula is C4H2FN3. The van der Waals surface area contributed by atoms with Crippen LogP contribution in [-0.4, -0.2) is 5.79 Å². The Bertz CT molecular complexity index is 176. The van der Waals surface area contributed by atoms with E-state index in [4.69, 9.17) is 5.26 Å². The zero-order chi connectivity index (χ0) is 6.04. The van der Waals surface area contributed by atoms with Gasteiger partial charge in [-0.05, 0) is 0 Å². The monoisotopic (exact) mass is 111 g/mol. The van der Waals surface area contributed by atoms with Crippen molar-refractivity contribution in [3.8, 4) is 6.07 Å². The average molecular weight is 111 g/mol. The molecule has 3 nitrogen and oxygen atoms in total. The van der Waals surface area contributed by atoms with Crippen molar-refractivity contribution in [2.24, 2.45) is 10.2 Å². The molecule has 0 bridgehead atoms. The molecule has 1 aliphatic heterocycles. The number of azo groups is 1. The minimum absolute atomic E-state index is 0.993. The molecule has 0 N–H and O–H groups in total. The van der Waals surface area contributed by atoms with Gasteiger partial charge in [-0.3, -0.25) is 0 Å². The van der Waals surface area contributed by atoms with Gasteiger partial charge >= 0.3 is 5.79 Å². The fraction of sp³-hybridized carbons (Fsp3) is 0.250. The Morgan fingerprint density at radius 2 is 2.50 bits per heavy atom. The van der Waals surface area contributed by atoms with Crippen molar-refractivity contribution in [1.82, 2.24) is 0 Å². The van der Waals surface area contributed by atoms with Crippen molar-refractivity contribution in [1.29, 1.82) is 5.26 Å². The second kappa shape index (κ2) is 1.37. The lowest BCUT2D eigenvalue weighted by Gasteiger charge is -1.94. The summed E-state index contributed by atoms with van der Waals surface area (Å²) in [6.07, 6.45) is 2.15. The van der Waals surface area contributed by atoms with Gasteiger partial charge in [0.15, 0.2) is 0 Å². The topological polar surface area (TPSA) is 48.5 Å². The maximum atomic E-state index is 12.3. The van der Waals surface area contributed by atoms with Crippen LogP contribution >= 0.6 is 0 Å². The first-order chi connectivity index (χ1) is 3.77. The van der Waals surface area contributed by atoms with Crippen molar-refractivity contribution in [2.75, 3.05) is 0 Å². The Hall–Kier alpha value is -1.24. The molecule has 0 spiro atoms. The summed E-state index contributed by atoms with van der Waals surface area (Å²) >= 11 is 0. The maximum Gasteiger partial charge on any atom is 0.324 e. The molecule has 0 radical (unpaired) electrons. The van der Waals surface area contributed by atoms with Crippen LogP contribution in [0, 0.1) is 11.3 Å². The quantitative estimate of drug-likeness (QED) is 0.432. The molecule has 1 aliphatic rings. The largest absolute Gasteiger partial charge is 0.324 e. The summed E-state index contributed by atoms with van der Waals surface area (Å²) < 4.78 is 12.3. The van der Waals surface area contributed by atoms with Crippen LogP contribution in [0.5, 0.6) is 0 Å². The van der Waals surface area contributed by atoms with Crippen LogP contribution in [0.2, 0.25) is 0 Å². The van der Waals surface area contributed by atoms with E-state index in [1.807, 2.05) is 0 Å². The second-order valence-electron chi connectivity index (χ2n) is 1.32. The molecule has 1 atom stereocenters. The van der Waals surface area contributed by atoms with Gasteiger partial charge in [-0.2, -0.15) is 14.8 Å². The lowest BCUT2D eigenvalue weighted by atomic mass is 10.3. The highest BCUT2D eigenvalue weighted by atomic mass is 19.1. The molecule has 0 saturated heterocycles. The van der Waals surface area contributed by atoms with Crippen molar-refractivity contribution in [3.63, 3.8) is 0 Å². The molecular weight excluding hydrogens is 109 g/mol. The molecule has 1 unspecified atom stereocenters. The number of nitriles is 1. The standard InChI is InChI=1S/C4H2FN3/c5-4(3-6)1-2-7-8-4/h1-2H. The van der Waals surface area contributed by atoms with Gasteiger partial charge in [-0.15, -0.1) is 5.11 Å². The normalized spacial score (nSPS) is 33.0. The van der Waals surface area contributed by atoms with Gasteiger partial charge in [-0.25, -0.2) is 0 Å². The van der Waals surface area contributed by atoms with E-state index >= 15 is 0 Å². The summed E-state index contributed by atoms with van der Waals surface area (Å²) in [5.41, 5.74) is 0. The third kappa shape index (κ3) is 0.581. The van der Waals surface area contributed by atoms with E-state index in [0.717, 1.165) is 12.3 Å². The lowest BCUT2D eigenvalue weighted by Crippen LogP contribution is -2.08. The Balaban J connectivity index is 2.89. The minimum Gasteiger partial charge on any atom is -0.194 e. The van der Waals surface area contributed by atoms with Gasteiger partial charge in [0.05, 0.1) is 6.20 Å². The lowest BCUT2D eigenvalue weighted by molar-refractivity contribution is 0.319. The van der Waals surface area contributed by atoms with E-state index in [0.29, 0.717) is 0 Å². The summed E-state index contributed by atoms with van der Waals surface area (Å²) in [6.45, 7) is 0. The van der Waals surface area contributed by atoms with Gasteiger partial charge in [0.1, 0.15) is 6.07 Å². The smallest absolute Gasteiger partial charge is 0.194 e. The van der Waals surface area contributed by atoms with Crippen LogP contribution in [0.1, 0.15) is 0 Å². The number of rotatable bonds is 0. The zero-order valence-corrected chi connectivity index (χ0v) is 3.87. The molecule has 0 aliphatic carbocycles. The van der Waals surface area contributed by atoms with Crippen LogP contribution in [0.3, 0.4) is 0 Å². The van der Waals surface area contributed by atoms with Crippen molar-refractivity contribution < 1.29 is 4.39 Å². The first-order valence-corrected chi connectivity index (χ1v) is 1.97. The third-order valence-corrected chi connectivity index (χ3v) is 0.722. The summed E-state index contributed by atoms with van der Waals surface area (Å²) in [7, 11) is 0. The predicted molar refractivity (Wildman–Crippen MR) is 23.4 cm³/mol. The van der Waals surface area contributed by atoms with E-state index in [2.05, 4.69) is 10.2 Å². The van der Waals surface area contributed by atoms with Crippen LogP contribution in [0.25, 0.3) is 0 Å². The summed E-state index contributed by atoms with van der Waals surface area (Å²) in [6, 6.07) is 1.33. The number of halogens is 1. The molecule has 0 amide bonds. The van der Waals surface area contributed by atoms with Gasteiger partial charge < -0.3 is 0 Å². The van der Waals surface area contributed by atoms with Crippen molar-refractivity contribution >= 4 is 0 Å². The van der Waals surface area contributed by atoms with Crippen LogP contribution in [0.4, 0.5) is 4.39 Å². The molecule has 4 heteroatoms. The van der Waals surface area contributed by atoms with Crippen LogP contribution in [0.15, 0.2) is 22.5 Å². The average Bonchev–Trinajstić information content (AvgIpc) is 2.17. The summed E-state index contributed by atoms with van der Waals surface area (Å²) in [5.74, 6) is -2.18. The van der Waals surface area contributed by atoms with Crippen LogP contribution in [-0.2, 0) is 0 Å². The van der Waals surface area contributed by atoms with E-state index in [9.17, 15) is 4.39 Å². The minimum atomic E-state index is -2.18. The second-order valence-corrected chi connectivity index (χ2v) is 1.32. The van der Waals surface area contributed by atoms with Crippen LogP contribution < -0.4 is 0 Å². The maximum absolute atomic E-state index is 12.3. The molecule has 0 saturated carbocycles. The number of hydrogen-bond donors (Lipinski definition) is 0. The first kappa shape index (κ1) is 4.91. The van der Waals surface area contributed by atoms with Gasteiger partial charge in [0, 0.05) is 6.08 Å². The summed E-state index contributed by atoms with van der Waals surface area (Å²) in [4.78, 5) is 0. The molecule has 0 aromatic heterocycles. The van der Waals surface area contributed by atoms with Gasteiger partial charge in [0.2, 0.25) is 0 Å². The molecule has 0 aromatic carbocycles. The Kier molecular flexibility index (Phi) is 0.841. The number of alkyl halides is 1. The molecule has 1 rings (SSSR count). The fourth-order valence-electron chi connectivity index (χ4n) is 0.342. The highest BCUT2D eigenvalue weighted by Crippen LogP contribution is 2.18. The van der Waals surface area contributed by atoms with Crippen molar-refractivity contribution in [2.45, 2.75) is 5.79 Å². The molecule has 1 heterocycles. The SMILES string of the molecule is N#CC1(F)C=CN=N1. The van der Waals surface area contributed by atoms with E-state index in [-0.39, 0.29) is 0 Å². The fourth-order valence-corrected chi connectivity index (χ4v) is 0.342. The number of nitrogens with zero attached hydrogens (tertiary/aromatic N) is 3. The third-order valence-electron chi connectivity index (χ3n) is 0.722. The Morgan fingerprint density at radius 3 is 2.75 bits per heavy atom. The molecule has 0 aromatic rings. The Labute approximate surface area is 45.1 Å². The Morgan fingerprint density at radius 1 is 1.75 bits per heavy atom. The highest BCUT2D eigenvalue weighted by molar-refractivity contribution is 5.15. The van der Waals surface area contributed by atoms with Gasteiger partial charge in [-0.1, -0.05) is 0 Å². The molecule has 0 fully saturated rings. The first-order valence-electron chi connectivity index (χ1n) is 1.97. The highest BCUT2D eigenvalue weighted by Gasteiger charge is 2.27. The predicted octanol–water partition coefficient (Wildman–Crippen LogP) is 1.16. The summed E-state index contributed by atoms with van der Waals surface area (Å²) in [5, 5.41) is 14.1. The van der Waals surface area contributed by atoms with Crippen molar-refractivity contribution in [3.05, 3.63) is 12.3 Å². The van der Waals surface area contributed by atoms with E-state index < -0.39 is 5.79 Å².